The molecule has 0 saturated heterocycles. The van der Waals surface area contributed by atoms with Gasteiger partial charge in [0.05, 0.1) is 23.2 Å². The standard InChI is InChI=1S/C20H20ClFN2O2S/c1-14-19(20(21)24(23-14)12-16-6-4-3-5-7-16)13-27(25,26)15(2)17-8-10-18(22)11-9-17/h3-11,15H,12-13H2,1-2H3. The quantitative estimate of drug-likeness (QED) is 0.595. The number of nitrogens with zero attached hydrogens (tertiary/aromatic N) is 2. The summed E-state index contributed by atoms with van der Waals surface area (Å²) in [4.78, 5) is 0. The first kappa shape index (κ1) is 19.6. The highest BCUT2D eigenvalue weighted by molar-refractivity contribution is 7.90. The summed E-state index contributed by atoms with van der Waals surface area (Å²) in [7, 11) is -3.54. The number of halogens is 2. The predicted molar refractivity (Wildman–Crippen MR) is 105 cm³/mol. The lowest BCUT2D eigenvalue weighted by molar-refractivity contribution is 0.584. The Morgan fingerprint density at radius 2 is 1.74 bits per heavy atom. The van der Waals surface area contributed by atoms with Gasteiger partial charge in [-0.2, -0.15) is 5.10 Å². The van der Waals surface area contributed by atoms with Crippen molar-refractivity contribution in [2.75, 3.05) is 0 Å². The van der Waals surface area contributed by atoms with E-state index in [1.165, 1.54) is 24.3 Å². The van der Waals surface area contributed by atoms with Crippen LogP contribution in [0, 0.1) is 12.7 Å². The van der Waals surface area contributed by atoms with Gasteiger partial charge in [-0.25, -0.2) is 17.5 Å². The lowest BCUT2D eigenvalue weighted by Gasteiger charge is -2.13. The molecular formula is C20H20ClFN2O2S. The Morgan fingerprint density at radius 3 is 2.37 bits per heavy atom. The molecule has 1 heterocycles. The maximum absolute atomic E-state index is 13.1. The molecule has 0 N–H and O–H groups in total. The third-order valence-corrected chi connectivity index (χ3v) is 7.05. The first-order valence-electron chi connectivity index (χ1n) is 8.50. The molecule has 0 aliphatic rings. The van der Waals surface area contributed by atoms with Gasteiger partial charge < -0.3 is 0 Å². The molecule has 2 aromatic carbocycles. The zero-order chi connectivity index (χ0) is 19.6. The fourth-order valence-corrected chi connectivity index (χ4v) is 4.83. The third-order valence-electron chi connectivity index (χ3n) is 4.58. The summed E-state index contributed by atoms with van der Waals surface area (Å²) in [5.74, 6) is -0.616. The normalized spacial score (nSPS) is 12.9. The van der Waals surface area contributed by atoms with Gasteiger partial charge in [0, 0.05) is 5.56 Å². The maximum atomic E-state index is 13.1. The van der Waals surface area contributed by atoms with E-state index < -0.39 is 20.9 Å². The molecule has 3 aromatic rings. The molecule has 1 aromatic heterocycles. The maximum Gasteiger partial charge on any atom is 0.161 e. The molecule has 1 unspecified atom stereocenters. The molecule has 0 radical (unpaired) electrons. The van der Waals surface area contributed by atoms with Crippen molar-refractivity contribution in [2.45, 2.75) is 31.4 Å². The number of aromatic nitrogens is 2. The topological polar surface area (TPSA) is 52.0 Å². The summed E-state index contributed by atoms with van der Waals surface area (Å²) in [6.45, 7) is 3.81. The summed E-state index contributed by atoms with van der Waals surface area (Å²) >= 11 is 6.44. The van der Waals surface area contributed by atoms with E-state index in [4.69, 9.17) is 11.6 Å². The van der Waals surface area contributed by atoms with E-state index in [9.17, 15) is 12.8 Å². The van der Waals surface area contributed by atoms with Crippen LogP contribution in [0.25, 0.3) is 0 Å². The Bertz CT molecular complexity index is 1030. The minimum atomic E-state index is -3.54. The van der Waals surface area contributed by atoms with E-state index in [1.807, 2.05) is 30.3 Å². The van der Waals surface area contributed by atoms with Crippen molar-refractivity contribution in [3.05, 3.63) is 88.0 Å². The lowest BCUT2D eigenvalue weighted by atomic mass is 10.2. The van der Waals surface area contributed by atoms with Crippen molar-refractivity contribution in [2.24, 2.45) is 0 Å². The van der Waals surface area contributed by atoms with Gasteiger partial charge in [-0.15, -0.1) is 0 Å². The molecule has 7 heteroatoms. The van der Waals surface area contributed by atoms with Gasteiger partial charge in [-0.3, -0.25) is 0 Å². The molecule has 3 rings (SSSR count). The second-order valence-corrected chi connectivity index (χ2v) is 9.18. The average Bonchev–Trinajstić information content (AvgIpc) is 2.90. The molecule has 0 aliphatic carbocycles. The molecule has 0 bridgehead atoms. The van der Waals surface area contributed by atoms with Crippen LogP contribution in [0.4, 0.5) is 4.39 Å². The number of aryl methyl sites for hydroxylation is 1. The second-order valence-electron chi connectivity index (χ2n) is 6.50. The van der Waals surface area contributed by atoms with Crippen molar-refractivity contribution in [1.29, 1.82) is 0 Å². The third kappa shape index (κ3) is 4.39. The van der Waals surface area contributed by atoms with Gasteiger partial charge in [-0.1, -0.05) is 54.1 Å². The fraction of sp³-hybridized carbons (Fsp3) is 0.250. The van der Waals surface area contributed by atoms with E-state index in [2.05, 4.69) is 5.10 Å². The first-order valence-corrected chi connectivity index (χ1v) is 10.6. The van der Waals surface area contributed by atoms with Crippen molar-refractivity contribution >= 4 is 21.4 Å². The number of hydrogen-bond acceptors (Lipinski definition) is 3. The van der Waals surface area contributed by atoms with Gasteiger partial charge in [0.2, 0.25) is 0 Å². The Balaban J connectivity index is 1.85. The summed E-state index contributed by atoms with van der Waals surface area (Å²) < 4.78 is 40.4. The molecule has 0 saturated carbocycles. The predicted octanol–water partition coefficient (Wildman–Crippen LogP) is 4.71. The lowest BCUT2D eigenvalue weighted by Crippen LogP contribution is -2.13. The fourth-order valence-electron chi connectivity index (χ4n) is 2.88. The zero-order valence-electron chi connectivity index (χ0n) is 15.1. The minimum Gasteiger partial charge on any atom is -0.249 e. The van der Waals surface area contributed by atoms with E-state index in [1.54, 1.807) is 18.5 Å². The van der Waals surface area contributed by atoms with E-state index in [0.29, 0.717) is 28.5 Å². The van der Waals surface area contributed by atoms with Crippen LogP contribution in [0.1, 0.15) is 34.6 Å². The van der Waals surface area contributed by atoms with Crippen LogP contribution in [0.3, 0.4) is 0 Å². The summed E-state index contributed by atoms with van der Waals surface area (Å²) in [6.07, 6.45) is 0. The number of benzene rings is 2. The van der Waals surface area contributed by atoms with Crippen molar-refractivity contribution < 1.29 is 12.8 Å². The first-order chi connectivity index (χ1) is 12.8. The molecule has 0 aliphatic heterocycles. The molecule has 0 fully saturated rings. The molecule has 1 atom stereocenters. The highest BCUT2D eigenvalue weighted by Gasteiger charge is 2.27. The highest BCUT2D eigenvalue weighted by atomic mass is 35.5. The highest BCUT2D eigenvalue weighted by Crippen LogP contribution is 2.29. The minimum absolute atomic E-state index is 0.217. The molecule has 0 amide bonds. The average molecular weight is 407 g/mol. The summed E-state index contributed by atoms with van der Waals surface area (Å²) in [5.41, 5.74) is 2.66. The van der Waals surface area contributed by atoms with Crippen LogP contribution >= 0.6 is 11.6 Å². The van der Waals surface area contributed by atoms with Gasteiger partial charge in [0.1, 0.15) is 11.0 Å². The van der Waals surface area contributed by atoms with Crippen molar-refractivity contribution in [1.82, 2.24) is 9.78 Å². The van der Waals surface area contributed by atoms with E-state index in [0.717, 1.165) is 5.56 Å². The van der Waals surface area contributed by atoms with E-state index >= 15 is 0 Å². The summed E-state index contributed by atoms with van der Waals surface area (Å²) in [5, 5.41) is 3.96. The number of sulfone groups is 1. The van der Waals surface area contributed by atoms with Gasteiger partial charge >= 0.3 is 0 Å². The number of hydrogen-bond donors (Lipinski definition) is 0. The van der Waals surface area contributed by atoms with Crippen LogP contribution in [0.2, 0.25) is 5.15 Å². The van der Waals surface area contributed by atoms with Crippen molar-refractivity contribution in [3.8, 4) is 0 Å². The van der Waals surface area contributed by atoms with Crippen LogP contribution in [0.5, 0.6) is 0 Å². The largest absolute Gasteiger partial charge is 0.249 e. The Labute approximate surface area is 163 Å². The Kier molecular flexibility index (Phi) is 5.67. The van der Waals surface area contributed by atoms with Crippen LogP contribution < -0.4 is 0 Å². The Hall–Kier alpha value is -2.18. The molecule has 0 spiro atoms. The molecule has 4 nitrogen and oxygen atoms in total. The zero-order valence-corrected chi connectivity index (χ0v) is 16.6. The van der Waals surface area contributed by atoms with Crippen LogP contribution in [-0.4, -0.2) is 18.2 Å². The molecule has 27 heavy (non-hydrogen) atoms. The molecular weight excluding hydrogens is 387 g/mol. The molecule has 142 valence electrons. The van der Waals surface area contributed by atoms with Crippen LogP contribution in [0.15, 0.2) is 54.6 Å². The van der Waals surface area contributed by atoms with Gasteiger partial charge in [0.25, 0.3) is 0 Å². The monoisotopic (exact) mass is 406 g/mol. The second kappa shape index (κ2) is 7.82. The van der Waals surface area contributed by atoms with Crippen molar-refractivity contribution in [3.63, 3.8) is 0 Å². The summed E-state index contributed by atoms with van der Waals surface area (Å²) in [6, 6.07) is 15.2. The SMILES string of the molecule is Cc1nn(Cc2ccccc2)c(Cl)c1CS(=O)(=O)C(C)c1ccc(F)cc1. The number of rotatable bonds is 6. The Morgan fingerprint density at radius 1 is 1.11 bits per heavy atom. The van der Waals surface area contributed by atoms with Crippen LogP contribution in [-0.2, 0) is 22.1 Å². The smallest absolute Gasteiger partial charge is 0.161 e. The van der Waals surface area contributed by atoms with Gasteiger partial charge in [0.15, 0.2) is 9.84 Å². The van der Waals surface area contributed by atoms with E-state index in [-0.39, 0.29) is 5.75 Å². The van der Waals surface area contributed by atoms with Gasteiger partial charge in [-0.05, 0) is 37.1 Å².